The molecule has 0 aromatic rings. The monoisotopic (exact) mass is 272 g/mol. The van der Waals surface area contributed by atoms with Gasteiger partial charge < -0.3 is 20.5 Å². The molecule has 19 heavy (non-hydrogen) atoms. The van der Waals surface area contributed by atoms with E-state index in [9.17, 15) is 9.59 Å². The molecule has 1 saturated carbocycles. The maximum Gasteiger partial charge on any atom is 0.315 e. The fourth-order valence-corrected chi connectivity index (χ4v) is 2.47. The van der Waals surface area contributed by atoms with Crippen molar-refractivity contribution in [1.29, 1.82) is 0 Å². The lowest BCUT2D eigenvalue weighted by Crippen LogP contribution is -2.47. The van der Waals surface area contributed by atoms with Crippen molar-refractivity contribution < 1.29 is 19.4 Å². The lowest BCUT2D eigenvalue weighted by Gasteiger charge is -2.20. The first-order valence-electron chi connectivity index (χ1n) is 6.88. The van der Waals surface area contributed by atoms with E-state index in [2.05, 4.69) is 10.6 Å². The highest BCUT2D eigenvalue weighted by Crippen LogP contribution is 2.21. The molecule has 1 aliphatic carbocycles. The molecule has 0 aromatic carbocycles. The summed E-state index contributed by atoms with van der Waals surface area (Å²) in [6.45, 7) is 2.09. The summed E-state index contributed by atoms with van der Waals surface area (Å²) in [5, 5.41) is 14.5. The zero-order chi connectivity index (χ0) is 14.3. The van der Waals surface area contributed by atoms with Crippen LogP contribution in [0, 0.1) is 5.92 Å². The quantitative estimate of drug-likeness (QED) is 0.653. The molecule has 0 aliphatic heterocycles. The average molecular weight is 272 g/mol. The number of aliphatic carboxylic acids is 1. The normalized spacial score (nSPS) is 23.9. The highest BCUT2D eigenvalue weighted by molar-refractivity contribution is 5.76. The van der Waals surface area contributed by atoms with Gasteiger partial charge in [-0.25, -0.2) is 4.79 Å². The van der Waals surface area contributed by atoms with E-state index in [-0.39, 0.29) is 24.7 Å². The Labute approximate surface area is 113 Å². The van der Waals surface area contributed by atoms with E-state index < -0.39 is 11.9 Å². The zero-order valence-corrected chi connectivity index (χ0v) is 11.6. The van der Waals surface area contributed by atoms with Crippen molar-refractivity contribution in [1.82, 2.24) is 10.6 Å². The molecule has 1 fully saturated rings. The summed E-state index contributed by atoms with van der Waals surface area (Å²) in [5.74, 6) is -1.38. The SMILES string of the molecule is CCCC(CNC(=O)NC1CCCC1OC)C(=O)O. The minimum absolute atomic E-state index is 0.0273. The fourth-order valence-electron chi connectivity index (χ4n) is 2.47. The van der Waals surface area contributed by atoms with Gasteiger partial charge in [0, 0.05) is 13.7 Å². The van der Waals surface area contributed by atoms with Gasteiger partial charge in [-0.1, -0.05) is 13.3 Å². The van der Waals surface area contributed by atoms with Crippen molar-refractivity contribution >= 4 is 12.0 Å². The highest BCUT2D eigenvalue weighted by Gasteiger charge is 2.28. The molecular weight excluding hydrogens is 248 g/mol. The van der Waals surface area contributed by atoms with Crippen molar-refractivity contribution in [2.24, 2.45) is 5.92 Å². The summed E-state index contributed by atoms with van der Waals surface area (Å²) >= 11 is 0. The molecule has 0 aromatic heterocycles. The molecule has 0 saturated heterocycles. The molecule has 110 valence electrons. The minimum Gasteiger partial charge on any atom is -0.481 e. The lowest BCUT2D eigenvalue weighted by atomic mass is 10.0. The Balaban J connectivity index is 2.32. The van der Waals surface area contributed by atoms with Crippen molar-refractivity contribution in [2.75, 3.05) is 13.7 Å². The average Bonchev–Trinajstić information content (AvgIpc) is 2.81. The highest BCUT2D eigenvalue weighted by atomic mass is 16.5. The first-order valence-corrected chi connectivity index (χ1v) is 6.88. The number of methoxy groups -OCH3 is 1. The third kappa shape index (κ3) is 5.06. The van der Waals surface area contributed by atoms with Gasteiger partial charge in [0.1, 0.15) is 0 Å². The van der Waals surface area contributed by atoms with Crippen LogP contribution in [0.4, 0.5) is 4.79 Å². The molecule has 6 nitrogen and oxygen atoms in total. The largest absolute Gasteiger partial charge is 0.481 e. The van der Waals surface area contributed by atoms with Crippen LogP contribution in [0.1, 0.15) is 39.0 Å². The summed E-state index contributed by atoms with van der Waals surface area (Å²) in [6.07, 6.45) is 4.32. The standard InChI is InChI=1S/C13H24N2O4/c1-3-5-9(12(16)17)8-14-13(18)15-10-6-4-7-11(10)19-2/h9-11H,3-8H2,1-2H3,(H,16,17)(H2,14,15,18). The van der Waals surface area contributed by atoms with Crippen LogP contribution in [0.15, 0.2) is 0 Å². The van der Waals surface area contributed by atoms with Crippen molar-refractivity contribution in [3.8, 4) is 0 Å². The number of carboxylic acid groups (broad SMARTS) is 1. The van der Waals surface area contributed by atoms with Gasteiger partial charge in [-0.05, 0) is 25.7 Å². The molecule has 6 heteroatoms. The summed E-state index contributed by atoms with van der Waals surface area (Å²) in [5.41, 5.74) is 0. The molecule has 0 bridgehead atoms. The van der Waals surface area contributed by atoms with Gasteiger partial charge in [0.15, 0.2) is 0 Å². The number of nitrogens with one attached hydrogen (secondary N) is 2. The Bertz CT molecular complexity index is 309. The summed E-state index contributed by atoms with van der Waals surface area (Å²) in [4.78, 5) is 22.7. The van der Waals surface area contributed by atoms with E-state index in [0.29, 0.717) is 6.42 Å². The van der Waals surface area contributed by atoms with Gasteiger partial charge >= 0.3 is 12.0 Å². The summed E-state index contributed by atoms with van der Waals surface area (Å²) in [6, 6.07) is -0.282. The Kier molecular flexibility index (Phi) is 6.62. The van der Waals surface area contributed by atoms with E-state index in [4.69, 9.17) is 9.84 Å². The number of carboxylic acids is 1. The maximum atomic E-state index is 11.7. The smallest absolute Gasteiger partial charge is 0.315 e. The summed E-state index contributed by atoms with van der Waals surface area (Å²) in [7, 11) is 1.64. The van der Waals surface area contributed by atoms with Gasteiger partial charge in [-0.3, -0.25) is 4.79 Å². The van der Waals surface area contributed by atoms with Crippen LogP contribution in [0.3, 0.4) is 0 Å². The Morgan fingerprint density at radius 1 is 1.42 bits per heavy atom. The second-order valence-corrected chi connectivity index (χ2v) is 4.99. The van der Waals surface area contributed by atoms with Crippen LogP contribution in [-0.4, -0.2) is 42.9 Å². The van der Waals surface area contributed by atoms with Gasteiger partial charge in [-0.15, -0.1) is 0 Å². The topological polar surface area (TPSA) is 87.7 Å². The number of carbonyl (C=O) groups excluding carboxylic acids is 1. The first kappa shape index (κ1) is 15.8. The van der Waals surface area contributed by atoms with Crippen LogP contribution in [0.2, 0.25) is 0 Å². The zero-order valence-electron chi connectivity index (χ0n) is 11.6. The minimum atomic E-state index is -0.863. The van der Waals surface area contributed by atoms with Crippen LogP contribution in [-0.2, 0) is 9.53 Å². The van der Waals surface area contributed by atoms with Gasteiger partial charge in [-0.2, -0.15) is 0 Å². The van der Waals surface area contributed by atoms with E-state index in [1.807, 2.05) is 6.92 Å². The van der Waals surface area contributed by atoms with Crippen molar-refractivity contribution in [3.63, 3.8) is 0 Å². The second kappa shape index (κ2) is 7.99. The molecule has 3 N–H and O–H groups in total. The Hall–Kier alpha value is -1.30. The number of hydrogen-bond donors (Lipinski definition) is 3. The van der Waals surface area contributed by atoms with Crippen LogP contribution >= 0.6 is 0 Å². The Morgan fingerprint density at radius 2 is 2.16 bits per heavy atom. The Morgan fingerprint density at radius 3 is 2.74 bits per heavy atom. The van der Waals surface area contributed by atoms with Crippen LogP contribution < -0.4 is 10.6 Å². The second-order valence-electron chi connectivity index (χ2n) is 4.99. The van der Waals surface area contributed by atoms with Gasteiger partial charge in [0.25, 0.3) is 0 Å². The van der Waals surface area contributed by atoms with Crippen molar-refractivity contribution in [2.45, 2.75) is 51.2 Å². The molecule has 0 radical (unpaired) electrons. The maximum absolute atomic E-state index is 11.7. The lowest BCUT2D eigenvalue weighted by molar-refractivity contribution is -0.141. The fraction of sp³-hybridized carbons (Fsp3) is 0.846. The van der Waals surface area contributed by atoms with Crippen molar-refractivity contribution in [3.05, 3.63) is 0 Å². The predicted octanol–water partition coefficient (Wildman–Crippen LogP) is 1.35. The number of carbonyl (C=O) groups is 2. The molecule has 3 atom stereocenters. The van der Waals surface area contributed by atoms with Crippen LogP contribution in [0.25, 0.3) is 0 Å². The number of ether oxygens (including phenoxy) is 1. The molecule has 0 heterocycles. The van der Waals surface area contributed by atoms with E-state index in [0.717, 1.165) is 25.7 Å². The number of rotatable bonds is 7. The third-order valence-electron chi connectivity index (χ3n) is 3.57. The van der Waals surface area contributed by atoms with Gasteiger partial charge in [0.2, 0.25) is 0 Å². The first-order chi connectivity index (χ1) is 9.08. The van der Waals surface area contributed by atoms with E-state index >= 15 is 0 Å². The van der Waals surface area contributed by atoms with E-state index in [1.165, 1.54) is 0 Å². The molecule has 1 aliphatic rings. The molecule has 2 amide bonds. The number of hydrogen-bond acceptors (Lipinski definition) is 3. The van der Waals surface area contributed by atoms with E-state index in [1.54, 1.807) is 7.11 Å². The molecule has 0 spiro atoms. The summed E-state index contributed by atoms with van der Waals surface area (Å²) < 4.78 is 5.29. The molecule has 1 rings (SSSR count). The molecule has 3 unspecified atom stereocenters. The number of amides is 2. The molecular formula is C13H24N2O4. The number of urea groups is 1. The van der Waals surface area contributed by atoms with Gasteiger partial charge in [0.05, 0.1) is 18.1 Å². The van der Waals surface area contributed by atoms with Crippen LogP contribution in [0.5, 0.6) is 0 Å². The third-order valence-corrected chi connectivity index (χ3v) is 3.57. The predicted molar refractivity (Wildman–Crippen MR) is 71.0 cm³/mol.